The summed E-state index contributed by atoms with van der Waals surface area (Å²) in [4.78, 5) is 0. The van der Waals surface area contributed by atoms with E-state index in [-0.39, 0.29) is 37.1 Å². The van der Waals surface area contributed by atoms with Crippen molar-refractivity contribution in [3.05, 3.63) is 0 Å². The van der Waals surface area contributed by atoms with Crippen LogP contribution in [0.1, 0.15) is 0 Å². The van der Waals surface area contributed by atoms with E-state index < -0.39 is 0 Å². The normalized spacial score (nSPS) is 1.25. The van der Waals surface area contributed by atoms with Crippen LogP contribution >= 0.6 is 0 Å². The van der Waals surface area contributed by atoms with Crippen LogP contribution in [0.2, 0.25) is 0 Å². The second kappa shape index (κ2) is 18.2. The molecule has 4 heteroatoms. The van der Waals surface area contributed by atoms with E-state index in [1.54, 1.807) is 0 Å². The molecule has 4 heavy (non-hydrogen) atoms. The van der Waals surface area contributed by atoms with E-state index >= 15 is 0 Å². The quantitative estimate of drug-likeness (QED) is 0.449. The third kappa shape index (κ3) is 8.84. The van der Waals surface area contributed by atoms with Crippen LogP contribution in [0.4, 0.5) is 0 Å². The van der Waals surface area contributed by atoms with Gasteiger partial charge in [0.1, 0.15) is 0 Å². The fourth-order valence-corrected chi connectivity index (χ4v) is 0. The van der Waals surface area contributed by atoms with E-state index in [0.29, 0.717) is 0 Å². The van der Waals surface area contributed by atoms with E-state index in [4.69, 9.17) is 0 Å². The van der Waals surface area contributed by atoms with Crippen LogP contribution in [-0.2, 0) is 37.2 Å². The number of hydrogen-bond acceptors (Lipinski definition) is 0. The van der Waals surface area contributed by atoms with Crippen molar-refractivity contribution >= 4 is 31.0 Å². The average molecular weight is 318 g/mol. The van der Waals surface area contributed by atoms with Gasteiger partial charge in [0.25, 0.3) is 0 Å². The summed E-state index contributed by atoms with van der Waals surface area (Å²) in [6.45, 7) is 0. The third-order valence-corrected chi connectivity index (χ3v) is 0. The van der Waals surface area contributed by atoms with Gasteiger partial charge in [-0.1, -0.05) is 0 Å². The van der Waals surface area contributed by atoms with Crippen molar-refractivity contribution in [2.24, 2.45) is 0 Å². The summed E-state index contributed by atoms with van der Waals surface area (Å²) in [5.41, 5.74) is 0. The summed E-state index contributed by atoms with van der Waals surface area (Å²) in [5.74, 6) is 0. The minimum atomic E-state index is 0. The molecule has 0 fully saturated rings. The molecule has 0 spiro atoms. The molecule has 0 bridgehead atoms. The zero-order valence-electron chi connectivity index (χ0n) is 1.56. The predicted molar refractivity (Wildman–Crippen MR) is 18.5 cm³/mol. The molecule has 0 saturated heterocycles. The Morgan fingerprint density at radius 2 is 1.25 bits per heavy atom. The molecule has 0 heterocycles. The second-order valence-corrected chi connectivity index (χ2v) is 0. The largest absolute Gasteiger partial charge is 0 e. The zero-order chi connectivity index (χ0) is 2.00. The van der Waals surface area contributed by atoms with E-state index in [0.717, 1.165) is 0 Å². The average Bonchev–Trinajstić information content (AvgIpc) is 1.00. The molecule has 0 rings (SSSR count). The molecule has 0 atom stereocenters. The minimum absolute atomic E-state index is 0. The van der Waals surface area contributed by atoms with Crippen LogP contribution < -0.4 is 0 Å². The van der Waals surface area contributed by atoms with Crippen molar-refractivity contribution in [3.8, 4) is 0 Å². The first kappa shape index (κ1) is 16.2. The zero-order valence-corrected chi connectivity index (χ0v) is 8.41. The van der Waals surface area contributed by atoms with Gasteiger partial charge >= 0.3 is 48.7 Å². The van der Waals surface area contributed by atoms with Gasteiger partial charge in [-0.25, -0.2) is 0 Å². The van der Waals surface area contributed by atoms with Gasteiger partial charge in [-0.05, 0) is 0 Å². The Bertz CT molecular complexity index is 8.00. The molecule has 0 amide bonds. The van der Waals surface area contributed by atoms with Gasteiger partial charge in [0, 0.05) is 19.5 Å². The molecule has 0 aliphatic carbocycles. The second-order valence-electron chi connectivity index (χ2n) is 0. The molecule has 0 unspecified atom stereocenters. The maximum Gasteiger partial charge on any atom is 0 e. The summed E-state index contributed by atoms with van der Waals surface area (Å²) in [5, 5.41) is 0. The minimum Gasteiger partial charge on any atom is 0 e. The molecule has 0 aromatic heterocycles. The smallest absolute Gasteiger partial charge is 0 e. The molecule has 0 N–H and O–H groups in total. The Hall–Kier alpha value is 2.37. The fourth-order valence-electron chi connectivity index (χ4n) is 0. The van der Waals surface area contributed by atoms with Gasteiger partial charge in [0.05, 0.1) is 0 Å². The summed E-state index contributed by atoms with van der Waals surface area (Å²) in [7, 11) is 0. The number of hydrogen-bond donors (Lipinski definition) is 0. The first-order chi connectivity index (χ1) is 1.00. The van der Waals surface area contributed by atoms with E-state index in [2.05, 4.69) is 13.4 Å². The number of rotatable bonds is 0. The van der Waals surface area contributed by atoms with Crippen LogP contribution in [0, 0.1) is 0 Å². The Morgan fingerprint density at radius 1 is 1.25 bits per heavy atom. The molecule has 0 aromatic rings. The van der Waals surface area contributed by atoms with E-state index in [1.165, 1.54) is 0 Å². The Labute approximate surface area is 67.3 Å². The summed E-state index contributed by atoms with van der Waals surface area (Å²) >= 11 is 4.21. The molecule has 0 saturated carbocycles. The molecule has 0 aliphatic heterocycles. The van der Waals surface area contributed by atoms with Gasteiger partial charge in [0.2, 0.25) is 0 Å². The fraction of sp³-hybridized carbons (Fsp3) is 0. The molecule has 0 nitrogen and oxygen atoms in total. The molecule has 23 valence electrons. The molecular weight excluding hydrogens is 313 g/mol. The van der Waals surface area contributed by atoms with Crippen molar-refractivity contribution < 1.29 is 37.2 Å². The summed E-state index contributed by atoms with van der Waals surface area (Å²) < 4.78 is 0. The van der Waals surface area contributed by atoms with Gasteiger partial charge in [-0.15, -0.1) is 0 Å². The standard InChI is InChI=1S/GeH4.Mo.H2Se.Zn/h1H4;;1H2;/q;+1;;/p-1. The van der Waals surface area contributed by atoms with Crippen LogP contribution in [0.25, 0.3) is 0 Å². The molecular formula is H5GeMoSeZn. The van der Waals surface area contributed by atoms with Crippen molar-refractivity contribution in [1.29, 1.82) is 0 Å². The molecule has 0 aromatic carbocycles. The Morgan fingerprint density at radius 3 is 1.25 bits per heavy atom. The van der Waals surface area contributed by atoms with Gasteiger partial charge in [0.15, 0.2) is 0 Å². The van der Waals surface area contributed by atoms with Gasteiger partial charge in [-0.3, -0.25) is 0 Å². The monoisotopic (exact) mass is 321 g/mol. The van der Waals surface area contributed by atoms with E-state index in [9.17, 15) is 0 Å². The Balaban J connectivity index is -0.00000000500. The van der Waals surface area contributed by atoms with Crippen LogP contribution in [0.5, 0.6) is 0 Å². The first-order valence-corrected chi connectivity index (χ1v) is 5.61. The summed E-state index contributed by atoms with van der Waals surface area (Å²) in [6, 6.07) is 0. The van der Waals surface area contributed by atoms with Crippen molar-refractivity contribution in [3.63, 3.8) is 0 Å². The van der Waals surface area contributed by atoms with Gasteiger partial charge < -0.3 is 0 Å². The van der Waals surface area contributed by atoms with Crippen LogP contribution in [-0.4, -0.2) is 31.0 Å². The molecule has 0 radical (unpaired) electrons. The predicted octanol–water partition coefficient (Wildman–Crippen LogP) is -2.11. The maximum absolute atomic E-state index is 2.32. The van der Waals surface area contributed by atoms with E-state index in [1.807, 2.05) is 17.7 Å². The van der Waals surface area contributed by atoms with Crippen LogP contribution in [0.3, 0.4) is 0 Å². The molecule has 0 aliphatic rings. The van der Waals surface area contributed by atoms with Crippen molar-refractivity contribution in [2.75, 3.05) is 0 Å². The van der Waals surface area contributed by atoms with Crippen molar-refractivity contribution in [1.82, 2.24) is 0 Å². The summed E-state index contributed by atoms with van der Waals surface area (Å²) in [6.07, 6.45) is 0. The Kier molecular flexibility index (Phi) is 73.7. The van der Waals surface area contributed by atoms with Gasteiger partial charge in [-0.2, -0.15) is 0 Å². The third-order valence-electron chi connectivity index (χ3n) is 0. The topological polar surface area (TPSA) is 0 Å². The first-order valence-electron chi connectivity index (χ1n) is 0.183. The SMILES string of the molecule is [GeH4].[SeH][Mo].[Zn]. The van der Waals surface area contributed by atoms with Crippen molar-refractivity contribution in [2.45, 2.75) is 0 Å². The van der Waals surface area contributed by atoms with Crippen LogP contribution in [0.15, 0.2) is 0 Å². The maximum atomic E-state index is 2.32.